The highest BCUT2D eigenvalue weighted by atomic mass is 16.5. The topological polar surface area (TPSA) is 60.4 Å². The second-order valence-corrected chi connectivity index (χ2v) is 3.15. The fourth-order valence-electron chi connectivity index (χ4n) is 1.22. The van der Waals surface area contributed by atoms with Crippen LogP contribution in [0.25, 0.3) is 0 Å². The number of carbonyl (C=O) groups is 3. The standard InChI is InChI=1S/C9H12O4/c1-13-9(12)7(4-5-10)8(11)6-2-3-6/h5-7H,2-4H2,1H3. The van der Waals surface area contributed by atoms with Gasteiger partial charge in [0.25, 0.3) is 0 Å². The summed E-state index contributed by atoms with van der Waals surface area (Å²) >= 11 is 0. The van der Waals surface area contributed by atoms with E-state index < -0.39 is 11.9 Å². The smallest absolute Gasteiger partial charge is 0.316 e. The maximum atomic E-state index is 11.4. The first kappa shape index (κ1) is 9.89. The summed E-state index contributed by atoms with van der Waals surface area (Å²) in [6, 6.07) is 0. The van der Waals surface area contributed by atoms with E-state index in [1.54, 1.807) is 0 Å². The molecule has 0 N–H and O–H groups in total. The molecule has 0 heterocycles. The molecule has 0 amide bonds. The van der Waals surface area contributed by atoms with Crippen LogP contribution in [0.3, 0.4) is 0 Å². The number of esters is 1. The van der Waals surface area contributed by atoms with Crippen molar-refractivity contribution in [3.63, 3.8) is 0 Å². The highest BCUT2D eigenvalue weighted by molar-refractivity contribution is 6.02. The lowest BCUT2D eigenvalue weighted by Gasteiger charge is -2.09. The van der Waals surface area contributed by atoms with Crippen LogP contribution in [0.5, 0.6) is 0 Å². The van der Waals surface area contributed by atoms with Gasteiger partial charge in [-0.2, -0.15) is 0 Å². The highest BCUT2D eigenvalue weighted by Crippen LogP contribution is 2.33. The fraction of sp³-hybridized carbons (Fsp3) is 0.667. The molecule has 1 saturated carbocycles. The first-order chi connectivity index (χ1) is 6.20. The Kier molecular flexibility index (Phi) is 3.17. The maximum Gasteiger partial charge on any atom is 0.316 e. The third-order valence-corrected chi connectivity index (χ3v) is 2.14. The summed E-state index contributed by atoms with van der Waals surface area (Å²) in [4.78, 5) is 32.7. The molecule has 0 saturated heterocycles. The molecule has 1 atom stereocenters. The SMILES string of the molecule is COC(=O)C(CC=O)C(=O)C1CC1. The Balaban J connectivity index is 2.59. The van der Waals surface area contributed by atoms with Gasteiger partial charge < -0.3 is 9.53 Å². The van der Waals surface area contributed by atoms with Crippen LogP contribution < -0.4 is 0 Å². The normalized spacial score (nSPS) is 17.6. The van der Waals surface area contributed by atoms with Crippen LogP contribution in [0, 0.1) is 11.8 Å². The summed E-state index contributed by atoms with van der Waals surface area (Å²) in [5, 5.41) is 0. The Hall–Kier alpha value is -1.19. The first-order valence-electron chi connectivity index (χ1n) is 4.26. The number of ether oxygens (including phenoxy) is 1. The zero-order valence-electron chi connectivity index (χ0n) is 7.49. The van der Waals surface area contributed by atoms with Crippen molar-refractivity contribution in [2.75, 3.05) is 7.11 Å². The Labute approximate surface area is 76.3 Å². The van der Waals surface area contributed by atoms with Gasteiger partial charge in [0.05, 0.1) is 7.11 Å². The van der Waals surface area contributed by atoms with Crippen LogP contribution >= 0.6 is 0 Å². The number of hydrogen-bond acceptors (Lipinski definition) is 4. The zero-order chi connectivity index (χ0) is 9.84. The molecule has 4 heteroatoms. The monoisotopic (exact) mass is 184 g/mol. The summed E-state index contributed by atoms with van der Waals surface area (Å²) in [5.74, 6) is -1.61. The van der Waals surface area contributed by atoms with Crippen molar-refractivity contribution in [1.82, 2.24) is 0 Å². The third-order valence-electron chi connectivity index (χ3n) is 2.14. The van der Waals surface area contributed by atoms with Gasteiger partial charge in [0.15, 0.2) is 5.78 Å². The Morgan fingerprint density at radius 3 is 2.54 bits per heavy atom. The van der Waals surface area contributed by atoms with Crippen LogP contribution in [-0.4, -0.2) is 25.1 Å². The van der Waals surface area contributed by atoms with Gasteiger partial charge in [0.2, 0.25) is 0 Å². The Morgan fingerprint density at radius 1 is 1.54 bits per heavy atom. The predicted octanol–water partition coefficient (Wildman–Crippen LogP) is 0.344. The van der Waals surface area contributed by atoms with E-state index in [1.807, 2.05) is 0 Å². The average Bonchev–Trinajstić information content (AvgIpc) is 2.95. The van der Waals surface area contributed by atoms with Gasteiger partial charge >= 0.3 is 5.97 Å². The summed E-state index contributed by atoms with van der Waals surface area (Å²) in [6.07, 6.45) is 2.21. The molecular formula is C9H12O4. The number of rotatable bonds is 5. The minimum atomic E-state index is -0.866. The molecule has 1 aliphatic rings. The highest BCUT2D eigenvalue weighted by Gasteiger charge is 2.38. The number of aldehydes is 1. The van der Waals surface area contributed by atoms with Crippen LogP contribution in [0.15, 0.2) is 0 Å². The van der Waals surface area contributed by atoms with E-state index in [4.69, 9.17) is 0 Å². The molecule has 1 rings (SSSR count). The number of hydrogen-bond donors (Lipinski definition) is 0. The summed E-state index contributed by atoms with van der Waals surface area (Å²) in [7, 11) is 1.22. The molecule has 0 bridgehead atoms. The van der Waals surface area contributed by atoms with E-state index in [9.17, 15) is 14.4 Å². The molecule has 1 fully saturated rings. The molecule has 1 unspecified atom stereocenters. The quantitative estimate of drug-likeness (QED) is 0.351. The lowest BCUT2D eigenvalue weighted by atomic mass is 9.98. The summed E-state index contributed by atoms with van der Waals surface area (Å²) in [5.41, 5.74) is 0. The van der Waals surface area contributed by atoms with Crippen molar-refractivity contribution in [2.24, 2.45) is 11.8 Å². The van der Waals surface area contributed by atoms with Crippen LogP contribution in [0.2, 0.25) is 0 Å². The summed E-state index contributed by atoms with van der Waals surface area (Å²) < 4.78 is 4.45. The second kappa shape index (κ2) is 4.16. The first-order valence-corrected chi connectivity index (χ1v) is 4.26. The van der Waals surface area contributed by atoms with Gasteiger partial charge in [-0.15, -0.1) is 0 Å². The molecule has 72 valence electrons. The van der Waals surface area contributed by atoms with E-state index >= 15 is 0 Å². The van der Waals surface area contributed by atoms with Crippen LogP contribution in [-0.2, 0) is 19.1 Å². The largest absolute Gasteiger partial charge is 0.468 e. The maximum absolute atomic E-state index is 11.4. The summed E-state index contributed by atoms with van der Waals surface area (Å²) in [6.45, 7) is 0. The molecule has 0 aliphatic heterocycles. The fourth-order valence-corrected chi connectivity index (χ4v) is 1.22. The lowest BCUT2D eigenvalue weighted by molar-refractivity contribution is -0.150. The van der Waals surface area contributed by atoms with Crippen molar-refractivity contribution in [3.05, 3.63) is 0 Å². The number of methoxy groups -OCH3 is 1. The Bertz CT molecular complexity index is 230. The molecule has 0 aromatic heterocycles. The van der Waals surface area contributed by atoms with Gasteiger partial charge in [-0.1, -0.05) is 0 Å². The van der Waals surface area contributed by atoms with E-state index in [2.05, 4.69) is 4.74 Å². The molecule has 0 aromatic rings. The van der Waals surface area contributed by atoms with E-state index in [0.29, 0.717) is 6.29 Å². The van der Waals surface area contributed by atoms with Gasteiger partial charge in [0, 0.05) is 12.3 Å². The average molecular weight is 184 g/mol. The van der Waals surface area contributed by atoms with Gasteiger partial charge in [0.1, 0.15) is 12.2 Å². The van der Waals surface area contributed by atoms with Crippen molar-refractivity contribution in [3.8, 4) is 0 Å². The lowest BCUT2D eigenvalue weighted by Crippen LogP contribution is -2.26. The van der Waals surface area contributed by atoms with Crippen molar-refractivity contribution >= 4 is 18.0 Å². The van der Waals surface area contributed by atoms with Crippen LogP contribution in [0.4, 0.5) is 0 Å². The van der Waals surface area contributed by atoms with Gasteiger partial charge in [-0.25, -0.2) is 0 Å². The molecule has 1 aliphatic carbocycles. The Morgan fingerprint density at radius 2 is 2.15 bits per heavy atom. The molecule has 4 nitrogen and oxygen atoms in total. The number of ketones is 1. The second-order valence-electron chi connectivity index (χ2n) is 3.15. The number of Topliss-reactive ketones (excluding diaryl/α,β-unsaturated/α-hetero) is 1. The van der Waals surface area contributed by atoms with E-state index in [1.165, 1.54) is 7.11 Å². The molecule has 0 radical (unpaired) electrons. The molecule has 0 spiro atoms. The third kappa shape index (κ3) is 2.37. The van der Waals surface area contributed by atoms with Crippen molar-refractivity contribution < 1.29 is 19.1 Å². The van der Waals surface area contributed by atoms with E-state index in [-0.39, 0.29) is 18.1 Å². The molecule has 13 heavy (non-hydrogen) atoms. The van der Waals surface area contributed by atoms with Gasteiger partial charge in [-0.3, -0.25) is 9.59 Å². The number of carbonyl (C=O) groups excluding carboxylic acids is 3. The minimum Gasteiger partial charge on any atom is -0.468 e. The van der Waals surface area contributed by atoms with E-state index in [0.717, 1.165) is 12.8 Å². The zero-order valence-corrected chi connectivity index (χ0v) is 7.49. The van der Waals surface area contributed by atoms with Crippen molar-refractivity contribution in [2.45, 2.75) is 19.3 Å². The van der Waals surface area contributed by atoms with Crippen molar-refractivity contribution in [1.29, 1.82) is 0 Å². The molecule has 0 aromatic carbocycles. The minimum absolute atomic E-state index is 0.0101. The predicted molar refractivity (Wildman–Crippen MR) is 43.9 cm³/mol. The van der Waals surface area contributed by atoms with Gasteiger partial charge in [-0.05, 0) is 12.8 Å². The van der Waals surface area contributed by atoms with Crippen LogP contribution in [0.1, 0.15) is 19.3 Å². The molecular weight excluding hydrogens is 172 g/mol.